The zero-order valence-corrected chi connectivity index (χ0v) is 66.7. The number of carbonyl (C=O) groups excluding carboxylic acids is 4. The molecule has 0 fully saturated rings. The van der Waals surface area contributed by atoms with Crippen LogP contribution in [0.4, 0.5) is 22.7 Å². The van der Waals surface area contributed by atoms with Crippen molar-refractivity contribution >= 4 is 194 Å². The summed E-state index contributed by atoms with van der Waals surface area (Å²) in [5, 5.41) is 12.3. The SMILES string of the molecule is CC(C)N1CC(=O)Nc2ccc(cc2)Oc2ccc(cc2)NC(=O)CN(C(C)C)C(=S)[S][Sn]([c]2ccccc2)([c]2ccccc2)[S]C(=S)N(C(C)C)CC(=O)Nc2ccc(cc2)Oc2ccc(cc2)NC(=O)CN(C(C)C)C(=S)[S][Sn]([c]2ccccc2)([c]2ccccc2)[S]C1=S. The molecule has 7 aliphatic heterocycles. The quantitative estimate of drug-likeness (QED) is 0.0844. The van der Waals surface area contributed by atoms with Crippen LogP contribution in [0.5, 0.6) is 23.0 Å². The summed E-state index contributed by atoms with van der Waals surface area (Å²) in [6.07, 6.45) is 0. The standard InChI is InChI=1S/2C24H30N4O3S4.4C6H5.2Sn/c2*1-15(2)27(23(32)33)13-21(29)25-17-5-9-19(10-6-17)31-20-11-7-18(8-12-20)26-22(30)14-28(16(3)4)24(34)35;4*1-2-4-6-5-3-1;;/h2*5-12,15-16H,13-14H2,1-4H3,(H,25,29)(H,26,30)(H,32,33)(H,34,35);4*1-5H;;/q;;;;;;2*+2/p-4. The van der Waals surface area contributed by atoms with Crippen LogP contribution in [0.15, 0.2) is 218 Å². The van der Waals surface area contributed by atoms with E-state index in [2.05, 4.69) is 69.8 Å². The van der Waals surface area contributed by atoms with Crippen molar-refractivity contribution in [1.82, 2.24) is 19.6 Å². The van der Waals surface area contributed by atoms with Gasteiger partial charge in [0.1, 0.15) is 0 Å². The number of nitrogens with one attached hydrogen (secondary N) is 4. The van der Waals surface area contributed by atoms with Crippen molar-refractivity contribution in [3.8, 4) is 23.0 Å². The topological polar surface area (TPSA) is 148 Å². The predicted octanol–water partition coefficient (Wildman–Crippen LogP) is 14.2. The number of hydrogen-bond donors (Lipinski definition) is 4. The Morgan fingerprint density at radius 1 is 0.302 bits per heavy atom. The summed E-state index contributed by atoms with van der Waals surface area (Å²) in [5.41, 5.74) is 2.31. The third kappa shape index (κ3) is 20.0. The Bertz CT molecular complexity index is 3480. The van der Waals surface area contributed by atoms with E-state index in [0.717, 1.165) is 14.3 Å². The van der Waals surface area contributed by atoms with Crippen LogP contribution in [0.2, 0.25) is 0 Å². The van der Waals surface area contributed by atoms with Gasteiger partial charge in [-0.25, -0.2) is 0 Å². The van der Waals surface area contributed by atoms with E-state index in [0.29, 0.717) is 63.0 Å². The molecule has 15 rings (SSSR count). The second kappa shape index (κ2) is 35.0. The van der Waals surface area contributed by atoms with Crippen molar-refractivity contribution in [2.45, 2.75) is 79.6 Å². The van der Waals surface area contributed by atoms with E-state index in [1.165, 1.54) is 0 Å². The minimum atomic E-state index is -4.28. The van der Waals surface area contributed by atoms with Crippen molar-refractivity contribution < 1.29 is 28.7 Å². The maximum absolute atomic E-state index is 14.1. The fourth-order valence-corrected chi connectivity index (χ4v) is 74.8. The summed E-state index contributed by atoms with van der Waals surface area (Å²) in [5.74, 6) is 1.19. The van der Waals surface area contributed by atoms with Crippen molar-refractivity contribution in [1.29, 1.82) is 0 Å². The number of benzene rings is 8. The number of rotatable bonds is 8. The zero-order chi connectivity index (χ0) is 68.5. The number of ether oxygens (including phenoxy) is 2. The van der Waals surface area contributed by atoms with Gasteiger partial charge >= 0.3 is 610 Å². The van der Waals surface area contributed by atoms with E-state index in [4.69, 9.17) is 58.3 Å². The summed E-state index contributed by atoms with van der Waals surface area (Å²) in [7, 11) is 6.56. The molecule has 8 aromatic carbocycles. The van der Waals surface area contributed by atoms with Gasteiger partial charge in [-0.1, -0.05) is 0 Å². The molecule has 0 aliphatic carbocycles. The van der Waals surface area contributed by atoms with Crippen LogP contribution < -0.4 is 45.1 Å². The molecule has 0 spiro atoms. The Hall–Kier alpha value is -6.20. The Morgan fingerprint density at radius 3 is 0.646 bits per heavy atom. The number of amides is 4. The van der Waals surface area contributed by atoms with E-state index in [1.807, 2.05) is 148 Å². The van der Waals surface area contributed by atoms with Crippen LogP contribution in [-0.2, 0) is 19.2 Å². The predicted molar refractivity (Wildman–Crippen MR) is 424 cm³/mol. The Labute approximate surface area is 604 Å². The number of hydrogen-bond acceptors (Lipinski definition) is 14. The van der Waals surface area contributed by atoms with E-state index < -0.39 is 31.2 Å². The summed E-state index contributed by atoms with van der Waals surface area (Å²) in [4.78, 5) is 64.3. The molecular formula is C72H76N8O6S8Sn2. The molecule has 0 aromatic heterocycles. The zero-order valence-electron chi connectivity index (χ0n) is 54.4. The molecule has 4 N–H and O–H groups in total. The van der Waals surface area contributed by atoms with Gasteiger partial charge in [0.25, 0.3) is 0 Å². The summed E-state index contributed by atoms with van der Waals surface area (Å²) >= 11 is 17.1. The van der Waals surface area contributed by atoms with Gasteiger partial charge in [0, 0.05) is 0 Å². The Morgan fingerprint density at radius 2 is 0.479 bits per heavy atom. The Kier molecular flexibility index (Phi) is 27.0. The van der Waals surface area contributed by atoms with Gasteiger partial charge in [-0.3, -0.25) is 0 Å². The van der Waals surface area contributed by atoms with Crippen molar-refractivity contribution in [2.75, 3.05) is 47.4 Å². The molecule has 96 heavy (non-hydrogen) atoms. The van der Waals surface area contributed by atoms with Gasteiger partial charge < -0.3 is 0 Å². The summed E-state index contributed by atoms with van der Waals surface area (Å²) in [6, 6.07) is 69.3. The van der Waals surface area contributed by atoms with E-state index in [1.54, 1.807) is 133 Å². The van der Waals surface area contributed by atoms with Crippen LogP contribution in [0.3, 0.4) is 0 Å². The summed E-state index contributed by atoms with van der Waals surface area (Å²) < 4.78 is 19.3. The molecule has 8 bridgehead atoms. The first-order valence-corrected chi connectivity index (χ1v) is 55.8. The van der Waals surface area contributed by atoms with Gasteiger partial charge in [-0.15, -0.1) is 0 Å². The third-order valence-electron chi connectivity index (χ3n) is 15.3. The monoisotopic (exact) mass is 1640 g/mol. The van der Waals surface area contributed by atoms with Crippen molar-refractivity contribution in [3.63, 3.8) is 0 Å². The average molecular weight is 1640 g/mol. The minimum absolute atomic E-state index is 0.0108. The summed E-state index contributed by atoms with van der Waals surface area (Å²) in [6.45, 7) is 16.1. The third-order valence-corrected chi connectivity index (χ3v) is 73.3. The molecule has 0 saturated carbocycles. The second-order valence-corrected chi connectivity index (χ2v) is 69.0. The molecule has 496 valence electrons. The molecule has 0 radical (unpaired) electrons. The Balaban J connectivity index is 0.999. The van der Waals surface area contributed by atoms with Gasteiger partial charge in [-0.2, -0.15) is 0 Å². The normalized spacial score (nSPS) is 16.3. The van der Waals surface area contributed by atoms with Gasteiger partial charge in [-0.05, 0) is 0 Å². The number of carbonyl (C=O) groups is 4. The number of anilines is 4. The molecule has 8 aromatic rings. The molecule has 0 saturated heterocycles. The van der Waals surface area contributed by atoms with Gasteiger partial charge in [0.2, 0.25) is 0 Å². The molecule has 7 aliphatic rings. The molecule has 0 atom stereocenters. The van der Waals surface area contributed by atoms with Crippen LogP contribution in [-0.4, -0.2) is 142 Å². The molecule has 24 heteroatoms. The fraction of sp³-hybridized carbons (Fsp3) is 0.222. The molecular weight excluding hydrogens is 1570 g/mol. The van der Waals surface area contributed by atoms with Crippen LogP contribution in [0.25, 0.3) is 0 Å². The van der Waals surface area contributed by atoms with Crippen molar-refractivity contribution in [3.05, 3.63) is 218 Å². The first-order valence-electron chi connectivity index (χ1n) is 31.2. The first-order chi connectivity index (χ1) is 46.1. The molecule has 4 amide bonds. The molecule has 0 unspecified atom stereocenters. The first kappa shape index (κ1) is 74.0. The van der Waals surface area contributed by atoms with Gasteiger partial charge in [0.05, 0.1) is 0 Å². The molecule has 14 nitrogen and oxygen atoms in total. The van der Waals surface area contributed by atoms with Gasteiger partial charge in [0.15, 0.2) is 0 Å². The average Bonchev–Trinajstić information content (AvgIpc) is 0.784. The van der Waals surface area contributed by atoms with Crippen LogP contribution >= 0.6 is 84.7 Å². The van der Waals surface area contributed by atoms with E-state index >= 15 is 0 Å². The number of nitrogens with zero attached hydrogens (tertiary/aromatic N) is 4. The fourth-order valence-electron chi connectivity index (χ4n) is 10.2. The second-order valence-electron chi connectivity index (χ2n) is 23.6. The number of thiocarbonyl (C=S) groups is 4. The van der Waals surface area contributed by atoms with Crippen molar-refractivity contribution in [2.24, 2.45) is 0 Å². The molecule has 7 heterocycles. The van der Waals surface area contributed by atoms with E-state index in [9.17, 15) is 19.2 Å². The van der Waals surface area contributed by atoms with Crippen LogP contribution in [0.1, 0.15) is 55.4 Å². The van der Waals surface area contributed by atoms with E-state index in [-0.39, 0.29) is 74.0 Å². The maximum atomic E-state index is 14.1. The van der Waals surface area contributed by atoms with Crippen LogP contribution in [0, 0.1) is 0 Å².